The summed E-state index contributed by atoms with van der Waals surface area (Å²) < 4.78 is 15.3. The highest BCUT2D eigenvalue weighted by Crippen LogP contribution is 2.21. The monoisotopic (exact) mass is 327 g/mol. The SMILES string of the molecule is COCOc1ccc(/C=C/C(=O)COC)nc1Cc1ccccc1. The molecule has 0 bridgehead atoms. The molecule has 0 fully saturated rings. The lowest BCUT2D eigenvalue weighted by molar-refractivity contribution is -0.117. The van der Waals surface area contributed by atoms with E-state index in [-0.39, 0.29) is 19.2 Å². The lowest BCUT2D eigenvalue weighted by atomic mass is 10.1. The van der Waals surface area contributed by atoms with Gasteiger partial charge in [-0.25, -0.2) is 4.98 Å². The topological polar surface area (TPSA) is 57.7 Å². The molecule has 0 unspecified atom stereocenters. The molecule has 0 N–H and O–H groups in total. The number of carbonyl (C=O) groups is 1. The molecule has 126 valence electrons. The Morgan fingerprint density at radius 2 is 1.88 bits per heavy atom. The van der Waals surface area contributed by atoms with Gasteiger partial charge < -0.3 is 14.2 Å². The Morgan fingerprint density at radius 3 is 2.58 bits per heavy atom. The van der Waals surface area contributed by atoms with Crippen LogP contribution in [0.25, 0.3) is 6.08 Å². The van der Waals surface area contributed by atoms with Crippen molar-refractivity contribution in [3.8, 4) is 5.75 Å². The molecule has 5 heteroatoms. The van der Waals surface area contributed by atoms with Gasteiger partial charge >= 0.3 is 0 Å². The van der Waals surface area contributed by atoms with Crippen molar-refractivity contribution < 1.29 is 19.0 Å². The van der Waals surface area contributed by atoms with Gasteiger partial charge in [0.25, 0.3) is 0 Å². The molecule has 5 nitrogen and oxygen atoms in total. The van der Waals surface area contributed by atoms with Crippen LogP contribution in [0.1, 0.15) is 17.0 Å². The highest BCUT2D eigenvalue weighted by atomic mass is 16.7. The van der Waals surface area contributed by atoms with Crippen LogP contribution in [-0.4, -0.2) is 38.4 Å². The summed E-state index contributed by atoms with van der Waals surface area (Å²) in [6.45, 7) is 0.216. The number of rotatable bonds is 9. The van der Waals surface area contributed by atoms with Gasteiger partial charge in [-0.15, -0.1) is 0 Å². The number of hydrogen-bond acceptors (Lipinski definition) is 5. The number of hydrogen-bond donors (Lipinski definition) is 0. The summed E-state index contributed by atoms with van der Waals surface area (Å²) in [5.74, 6) is 0.560. The Morgan fingerprint density at radius 1 is 1.08 bits per heavy atom. The van der Waals surface area contributed by atoms with Crippen LogP contribution in [-0.2, 0) is 20.7 Å². The molecule has 0 radical (unpaired) electrons. The third-order valence-electron chi connectivity index (χ3n) is 3.23. The van der Waals surface area contributed by atoms with Crippen molar-refractivity contribution >= 4 is 11.9 Å². The first-order valence-electron chi connectivity index (χ1n) is 7.58. The average Bonchev–Trinajstić information content (AvgIpc) is 2.60. The Kier molecular flexibility index (Phi) is 7.14. The summed E-state index contributed by atoms with van der Waals surface area (Å²) in [6, 6.07) is 13.6. The molecule has 2 aromatic rings. The minimum Gasteiger partial charge on any atom is -0.466 e. The van der Waals surface area contributed by atoms with Crippen molar-refractivity contribution in [3.63, 3.8) is 0 Å². The Labute approximate surface area is 141 Å². The molecular formula is C19H21NO4. The number of methoxy groups -OCH3 is 2. The Balaban J connectivity index is 2.22. The summed E-state index contributed by atoms with van der Waals surface area (Å²) in [5.41, 5.74) is 2.61. The van der Waals surface area contributed by atoms with Crippen molar-refractivity contribution in [1.82, 2.24) is 4.98 Å². The standard InChI is InChI=1S/C19H21NO4/c1-22-13-17(21)10-8-16-9-11-19(24-14-23-2)18(20-16)12-15-6-4-3-5-7-15/h3-11H,12-14H2,1-2H3/b10-8+. The van der Waals surface area contributed by atoms with E-state index in [4.69, 9.17) is 14.2 Å². The maximum Gasteiger partial charge on any atom is 0.188 e. The van der Waals surface area contributed by atoms with Gasteiger partial charge in [0.2, 0.25) is 0 Å². The zero-order valence-electron chi connectivity index (χ0n) is 13.9. The van der Waals surface area contributed by atoms with Gasteiger partial charge in [-0.05, 0) is 29.8 Å². The van der Waals surface area contributed by atoms with E-state index < -0.39 is 0 Å². The predicted octanol–water partition coefficient (Wildman–Crippen LogP) is 2.88. The van der Waals surface area contributed by atoms with Gasteiger partial charge in [0.05, 0.1) is 11.4 Å². The molecule has 24 heavy (non-hydrogen) atoms. The summed E-state index contributed by atoms with van der Waals surface area (Å²) in [7, 11) is 3.06. The molecule has 0 saturated carbocycles. The summed E-state index contributed by atoms with van der Waals surface area (Å²) >= 11 is 0. The van der Waals surface area contributed by atoms with Crippen LogP contribution >= 0.6 is 0 Å². The summed E-state index contributed by atoms with van der Waals surface area (Å²) in [4.78, 5) is 16.1. The average molecular weight is 327 g/mol. The van der Waals surface area contributed by atoms with Crippen LogP contribution in [0.15, 0.2) is 48.5 Å². The summed E-state index contributed by atoms with van der Waals surface area (Å²) in [5, 5.41) is 0. The summed E-state index contributed by atoms with van der Waals surface area (Å²) in [6.07, 6.45) is 3.78. The lowest BCUT2D eigenvalue weighted by Gasteiger charge is -2.11. The Hall–Kier alpha value is -2.50. The molecule has 1 heterocycles. The van der Waals surface area contributed by atoms with Crippen molar-refractivity contribution in [3.05, 3.63) is 65.5 Å². The number of ketones is 1. The Bertz CT molecular complexity index is 683. The first kappa shape index (κ1) is 17.8. The number of pyridine rings is 1. The molecular weight excluding hydrogens is 306 g/mol. The number of ether oxygens (including phenoxy) is 3. The quantitative estimate of drug-likeness (QED) is 0.523. The first-order chi connectivity index (χ1) is 11.7. The van der Waals surface area contributed by atoms with E-state index in [0.29, 0.717) is 17.9 Å². The van der Waals surface area contributed by atoms with E-state index in [1.807, 2.05) is 36.4 Å². The molecule has 0 saturated heterocycles. The number of benzene rings is 1. The third kappa shape index (κ3) is 5.61. The molecule has 0 aliphatic carbocycles. The van der Waals surface area contributed by atoms with Gasteiger partial charge in [0.1, 0.15) is 12.4 Å². The van der Waals surface area contributed by atoms with Crippen molar-refractivity contribution in [2.45, 2.75) is 6.42 Å². The minimum absolute atomic E-state index is 0.0579. The molecule has 1 aromatic carbocycles. The van der Waals surface area contributed by atoms with Gasteiger partial charge in [-0.1, -0.05) is 30.3 Å². The van der Waals surface area contributed by atoms with Crippen LogP contribution < -0.4 is 4.74 Å². The number of nitrogens with zero attached hydrogens (tertiary/aromatic N) is 1. The number of aromatic nitrogens is 1. The maximum absolute atomic E-state index is 11.5. The van der Waals surface area contributed by atoms with Gasteiger partial charge in [-0.2, -0.15) is 0 Å². The predicted molar refractivity (Wildman–Crippen MR) is 91.9 cm³/mol. The van der Waals surface area contributed by atoms with E-state index >= 15 is 0 Å². The van der Waals surface area contributed by atoms with Gasteiger partial charge in [0.15, 0.2) is 12.6 Å². The lowest BCUT2D eigenvalue weighted by Crippen LogP contribution is -2.05. The molecule has 0 amide bonds. The molecule has 0 aliphatic rings. The molecule has 0 spiro atoms. The highest BCUT2D eigenvalue weighted by Gasteiger charge is 2.08. The largest absolute Gasteiger partial charge is 0.466 e. The fraction of sp³-hybridized carbons (Fsp3) is 0.263. The third-order valence-corrected chi connectivity index (χ3v) is 3.23. The van der Waals surface area contributed by atoms with Gasteiger partial charge in [0, 0.05) is 20.6 Å². The highest BCUT2D eigenvalue weighted by molar-refractivity contribution is 5.94. The van der Waals surface area contributed by atoms with Gasteiger partial charge in [-0.3, -0.25) is 4.79 Å². The maximum atomic E-state index is 11.5. The van der Waals surface area contributed by atoms with Crippen LogP contribution in [0.3, 0.4) is 0 Å². The van der Waals surface area contributed by atoms with Crippen LogP contribution in [0.5, 0.6) is 5.75 Å². The second-order valence-electron chi connectivity index (χ2n) is 5.13. The zero-order valence-corrected chi connectivity index (χ0v) is 13.9. The van der Waals surface area contributed by atoms with E-state index in [2.05, 4.69) is 4.98 Å². The second kappa shape index (κ2) is 9.60. The van der Waals surface area contributed by atoms with E-state index in [9.17, 15) is 4.79 Å². The van der Waals surface area contributed by atoms with Crippen molar-refractivity contribution in [1.29, 1.82) is 0 Å². The second-order valence-corrected chi connectivity index (χ2v) is 5.13. The smallest absolute Gasteiger partial charge is 0.188 e. The molecule has 1 aromatic heterocycles. The molecule has 0 atom stereocenters. The van der Waals surface area contributed by atoms with E-state index in [1.165, 1.54) is 13.2 Å². The van der Waals surface area contributed by atoms with Crippen LogP contribution in [0, 0.1) is 0 Å². The van der Waals surface area contributed by atoms with Crippen molar-refractivity contribution in [2.24, 2.45) is 0 Å². The fourth-order valence-electron chi connectivity index (χ4n) is 2.14. The van der Waals surface area contributed by atoms with E-state index in [0.717, 1.165) is 11.3 Å². The number of carbonyl (C=O) groups excluding carboxylic acids is 1. The van der Waals surface area contributed by atoms with E-state index in [1.54, 1.807) is 19.3 Å². The molecule has 2 rings (SSSR count). The fourth-order valence-corrected chi connectivity index (χ4v) is 2.14. The minimum atomic E-state index is -0.108. The normalized spacial score (nSPS) is 10.9. The van der Waals surface area contributed by atoms with Crippen LogP contribution in [0.2, 0.25) is 0 Å². The first-order valence-corrected chi connectivity index (χ1v) is 7.58. The van der Waals surface area contributed by atoms with Crippen molar-refractivity contribution in [2.75, 3.05) is 27.6 Å². The molecule has 0 aliphatic heterocycles. The van der Waals surface area contributed by atoms with Crippen LogP contribution in [0.4, 0.5) is 0 Å². The zero-order chi connectivity index (χ0) is 17.2.